The Hall–Kier alpha value is -3.78. The number of piperazine rings is 1. The number of fused-ring (bicyclic) bond motifs is 1. The predicted octanol–water partition coefficient (Wildman–Crippen LogP) is 2.05. The van der Waals surface area contributed by atoms with E-state index in [1.807, 2.05) is 23.6 Å². The standard InChI is InChI=1S/C26H28N8O2/c1-17-25(22(13-27)31-30-17)26-18(6-11-35)2-5-24(29-26)34-16-28-21-12-19(3-4-23(21)34)32-7-9-33(10-8-32)20-14-36-15-20/h2-5,12,16,20,35H,6-11,14-15H2,1H3,(H,30,31). The lowest BCUT2D eigenvalue weighted by Gasteiger charge is -2.43. The monoisotopic (exact) mass is 484 g/mol. The molecule has 2 N–H and O–H groups in total. The van der Waals surface area contributed by atoms with Gasteiger partial charge in [-0.1, -0.05) is 6.07 Å². The molecule has 0 spiro atoms. The summed E-state index contributed by atoms with van der Waals surface area (Å²) in [5.74, 6) is 0.697. The van der Waals surface area contributed by atoms with E-state index in [0.717, 1.165) is 61.7 Å². The average Bonchev–Trinajstić information content (AvgIpc) is 3.46. The van der Waals surface area contributed by atoms with Gasteiger partial charge in [0, 0.05) is 44.2 Å². The van der Waals surface area contributed by atoms with E-state index in [0.29, 0.717) is 35.2 Å². The molecular formula is C26H28N8O2. The second kappa shape index (κ2) is 9.35. The van der Waals surface area contributed by atoms with E-state index in [2.05, 4.69) is 49.2 Å². The maximum atomic E-state index is 9.58. The van der Waals surface area contributed by atoms with Gasteiger partial charge in [0.25, 0.3) is 0 Å². The third kappa shape index (κ3) is 3.91. The average molecular weight is 485 g/mol. The zero-order chi connectivity index (χ0) is 24.6. The Balaban J connectivity index is 1.31. The first-order valence-corrected chi connectivity index (χ1v) is 12.3. The van der Waals surface area contributed by atoms with Crippen molar-refractivity contribution in [2.24, 2.45) is 0 Å². The minimum Gasteiger partial charge on any atom is -0.396 e. The minimum absolute atomic E-state index is 0.00765. The molecule has 0 saturated carbocycles. The number of ether oxygens (including phenoxy) is 1. The van der Waals surface area contributed by atoms with E-state index >= 15 is 0 Å². The van der Waals surface area contributed by atoms with E-state index in [9.17, 15) is 10.4 Å². The Bertz CT molecular complexity index is 1440. The number of aromatic nitrogens is 5. The number of hydrogen-bond donors (Lipinski definition) is 2. The summed E-state index contributed by atoms with van der Waals surface area (Å²) in [5, 5.41) is 26.1. The molecule has 36 heavy (non-hydrogen) atoms. The van der Waals surface area contributed by atoms with Crippen molar-refractivity contribution in [2.45, 2.75) is 19.4 Å². The number of aliphatic hydroxyl groups is 1. The molecule has 1 aromatic carbocycles. The Morgan fingerprint density at radius 3 is 2.72 bits per heavy atom. The normalized spacial score (nSPS) is 16.9. The minimum atomic E-state index is -0.00765. The molecule has 6 rings (SSSR count). The van der Waals surface area contributed by atoms with Gasteiger partial charge in [0.05, 0.1) is 41.5 Å². The van der Waals surface area contributed by atoms with E-state index in [1.54, 1.807) is 6.33 Å². The van der Waals surface area contributed by atoms with Crippen LogP contribution in [0.1, 0.15) is 17.0 Å². The number of benzene rings is 1. The van der Waals surface area contributed by atoms with Gasteiger partial charge >= 0.3 is 0 Å². The maximum absolute atomic E-state index is 9.58. The Morgan fingerprint density at radius 2 is 2.00 bits per heavy atom. The molecule has 3 aromatic heterocycles. The number of pyridine rings is 1. The summed E-state index contributed by atoms with van der Waals surface area (Å²) in [4.78, 5) is 14.5. The molecule has 0 atom stereocenters. The Kier molecular flexibility index (Phi) is 5.89. The fourth-order valence-corrected chi connectivity index (χ4v) is 5.11. The molecule has 0 bridgehead atoms. The van der Waals surface area contributed by atoms with Gasteiger partial charge in [-0.25, -0.2) is 9.97 Å². The van der Waals surface area contributed by atoms with Gasteiger partial charge < -0.3 is 14.7 Å². The van der Waals surface area contributed by atoms with Gasteiger partial charge in [0.2, 0.25) is 0 Å². The molecule has 2 fully saturated rings. The number of nitrogens with zero attached hydrogens (tertiary/aromatic N) is 7. The Labute approximate surface area is 208 Å². The van der Waals surface area contributed by atoms with E-state index in [-0.39, 0.29) is 6.61 Å². The molecule has 0 amide bonds. The number of aryl methyl sites for hydroxylation is 1. The number of aliphatic hydroxyl groups excluding tert-OH is 1. The molecule has 10 heteroatoms. The molecular weight excluding hydrogens is 456 g/mol. The lowest BCUT2D eigenvalue weighted by atomic mass is 10.0. The van der Waals surface area contributed by atoms with Gasteiger partial charge in [0.15, 0.2) is 5.69 Å². The smallest absolute Gasteiger partial charge is 0.171 e. The third-order valence-corrected chi connectivity index (χ3v) is 7.23. The topological polar surface area (TPSA) is 119 Å². The van der Waals surface area contributed by atoms with Crippen LogP contribution in [0.4, 0.5) is 5.69 Å². The van der Waals surface area contributed by atoms with E-state index in [4.69, 9.17) is 9.72 Å². The van der Waals surface area contributed by atoms with Crippen LogP contribution >= 0.6 is 0 Å². The highest BCUT2D eigenvalue weighted by atomic mass is 16.5. The van der Waals surface area contributed by atoms with Gasteiger partial charge in [-0.2, -0.15) is 10.4 Å². The second-order valence-electron chi connectivity index (χ2n) is 9.34. The second-order valence-corrected chi connectivity index (χ2v) is 9.34. The number of rotatable bonds is 6. The van der Waals surface area contributed by atoms with Crippen molar-refractivity contribution in [3.63, 3.8) is 0 Å². The zero-order valence-electron chi connectivity index (χ0n) is 20.2. The Morgan fingerprint density at radius 1 is 1.17 bits per heavy atom. The van der Waals surface area contributed by atoms with Crippen molar-refractivity contribution in [3.05, 3.63) is 53.6 Å². The molecule has 0 aliphatic carbocycles. The maximum Gasteiger partial charge on any atom is 0.171 e. The van der Waals surface area contributed by atoms with Crippen LogP contribution in [0.15, 0.2) is 36.7 Å². The number of hydrogen-bond acceptors (Lipinski definition) is 8. The van der Waals surface area contributed by atoms with Crippen LogP contribution in [0.25, 0.3) is 28.1 Å². The summed E-state index contributed by atoms with van der Waals surface area (Å²) in [6, 6.07) is 13.0. The SMILES string of the molecule is Cc1[nH]nc(C#N)c1-c1nc(-n2cnc3cc(N4CCN(C5COC5)CC4)ccc32)ccc1CCO. The summed E-state index contributed by atoms with van der Waals surface area (Å²) >= 11 is 0. The van der Waals surface area contributed by atoms with Gasteiger partial charge in [-0.3, -0.25) is 14.6 Å². The largest absolute Gasteiger partial charge is 0.396 e. The van der Waals surface area contributed by atoms with Crippen LogP contribution in [0.3, 0.4) is 0 Å². The number of nitrogens with one attached hydrogen (secondary N) is 1. The molecule has 2 saturated heterocycles. The number of H-pyrrole nitrogens is 1. The highest BCUT2D eigenvalue weighted by Gasteiger charge is 2.29. The lowest BCUT2D eigenvalue weighted by Crippen LogP contribution is -2.56. The first-order chi connectivity index (χ1) is 17.7. The first-order valence-electron chi connectivity index (χ1n) is 12.3. The summed E-state index contributed by atoms with van der Waals surface area (Å²) in [7, 11) is 0. The van der Waals surface area contributed by atoms with Gasteiger partial charge in [-0.15, -0.1) is 0 Å². The summed E-state index contributed by atoms with van der Waals surface area (Å²) < 4.78 is 7.31. The van der Waals surface area contributed by atoms with Crippen LogP contribution in [-0.2, 0) is 11.2 Å². The zero-order valence-corrected chi connectivity index (χ0v) is 20.2. The molecule has 0 unspecified atom stereocenters. The molecule has 184 valence electrons. The molecule has 2 aliphatic heterocycles. The number of anilines is 1. The first kappa shape index (κ1) is 22.7. The molecule has 5 heterocycles. The summed E-state index contributed by atoms with van der Waals surface area (Å²) in [6.45, 7) is 7.66. The van der Waals surface area contributed by atoms with Crippen LogP contribution in [0, 0.1) is 18.3 Å². The van der Waals surface area contributed by atoms with Crippen molar-refractivity contribution in [2.75, 3.05) is 50.9 Å². The molecule has 10 nitrogen and oxygen atoms in total. The van der Waals surface area contributed by atoms with Crippen LogP contribution in [-0.4, -0.2) is 86.8 Å². The molecule has 2 aliphatic rings. The molecule has 0 radical (unpaired) electrons. The summed E-state index contributed by atoms with van der Waals surface area (Å²) in [5.41, 5.74) is 6.28. The van der Waals surface area contributed by atoms with Gasteiger partial charge in [-0.05, 0) is 43.2 Å². The summed E-state index contributed by atoms with van der Waals surface area (Å²) in [6.07, 6.45) is 2.22. The van der Waals surface area contributed by atoms with E-state index in [1.165, 1.54) is 5.69 Å². The van der Waals surface area contributed by atoms with Crippen LogP contribution < -0.4 is 4.90 Å². The van der Waals surface area contributed by atoms with Crippen LogP contribution in [0.5, 0.6) is 0 Å². The fraction of sp³-hybridized carbons (Fsp3) is 0.385. The number of nitriles is 1. The fourth-order valence-electron chi connectivity index (χ4n) is 5.11. The predicted molar refractivity (Wildman–Crippen MR) is 135 cm³/mol. The quantitative estimate of drug-likeness (QED) is 0.427. The van der Waals surface area contributed by atoms with Crippen molar-refractivity contribution in [1.29, 1.82) is 5.26 Å². The number of imidazole rings is 1. The third-order valence-electron chi connectivity index (χ3n) is 7.23. The van der Waals surface area contributed by atoms with Crippen molar-refractivity contribution in [3.8, 4) is 23.1 Å². The molecule has 4 aromatic rings. The highest BCUT2D eigenvalue weighted by molar-refractivity contribution is 5.81. The van der Waals surface area contributed by atoms with E-state index < -0.39 is 0 Å². The van der Waals surface area contributed by atoms with Crippen LogP contribution in [0.2, 0.25) is 0 Å². The van der Waals surface area contributed by atoms with Crippen molar-refractivity contribution < 1.29 is 9.84 Å². The van der Waals surface area contributed by atoms with Crippen molar-refractivity contribution in [1.82, 2.24) is 29.6 Å². The van der Waals surface area contributed by atoms with Crippen molar-refractivity contribution >= 4 is 16.7 Å². The van der Waals surface area contributed by atoms with Gasteiger partial charge in [0.1, 0.15) is 18.2 Å². The lowest BCUT2D eigenvalue weighted by molar-refractivity contribution is -0.0660. The number of aromatic amines is 1. The highest BCUT2D eigenvalue weighted by Crippen LogP contribution is 2.30.